The van der Waals surface area contributed by atoms with E-state index in [1.807, 2.05) is 13.0 Å². The normalized spacial score (nSPS) is 24.8. The zero-order valence-electron chi connectivity index (χ0n) is 21.4. The summed E-state index contributed by atoms with van der Waals surface area (Å²) < 4.78 is 44.9. The molecule has 3 aliphatic heterocycles. The summed E-state index contributed by atoms with van der Waals surface area (Å²) in [6.45, 7) is 4.84. The monoisotopic (exact) mass is 530 g/mol. The van der Waals surface area contributed by atoms with Crippen LogP contribution in [-0.4, -0.2) is 87.1 Å². The van der Waals surface area contributed by atoms with E-state index in [9.17, 15) is 13.2 Å². The minimum Gasteiger partial charge on any atom is -0.384 e. The van der Waals surface area contributed by atoms with Crippen LogP contribution in [-0.2, 0) is 11.3 Å². The van der Waals surface area contributed by atoms with Gasteiger partial charge in [-0.15, -0.1) is 0 Å². The summed E-state index contributed by atoms with van der Waals surface area (Å²) in [6, 6.07) is 5.69. The SMILES string of the molecule is Cc1cc(-c2cc3c(N[C@H]4C[C@H]5CC[C@@H](C4)N5CC(F)(F)F)nc(N)cc3nc2CN2CCOCC2)n[nH]1. The summed E-state index contributed by atoms with van der Waals surface area (Å²) >= 11 is 0. The van der Waals surface area contributed by atoms with Gasteiger partial charge in [-0.25, -0.2) is 4.98 Å². The molecule has 3 atom stereocenters. The van der Waals surface area contributed by atoms with Crippen molar-refractivity contribution in [2.24, 2.45) is 0 Å². The number of aromatic nitrogens is 4. The Kier molecular flexibility index (Phi) is 6.65. The van der Waals surface area contributed by atoms with Gasteiger partial charge in [0, 0.05) is 60.5 Å². The molecule has 0 spiro atoms. The van der Waals surface area contributed by atoms with Crippen LogP contribution in [0, 0.1) is 6.92 Å². The van der Waals surface area contributed by atoms with E-state index >= 15 is 0 Å². The third kappa shape index (κ3) is 5.29. The van der Waals surface area contributed by atoms with Crippen molar-refractivity contribution < 1.29 is 17.9 Å². The van der Waals surface area contributed by atoms with Crippen molar-refractivity contribution in [3.63, 3.8) is 0 Å². The molecule has 204 valence electrons. The molecule has 4 N–H and O–H groups in total. The molecule has 6 rings (SSSR count). The molecule has 0 aromatic carbocycles. The van der Waals surface area contributed by atoms with Gasteiger partial charge in [0.25, 0.3) is 0 Å². The summed E-state index contributed by atoms with van der Waals surface area (Å²) in [7, 11) is 0. The van der Waals surface area contributed by atoms with Crippen LogP contribution in [0.1, 0.15) is 37.1 Å². The number of alkyl halides is 3. The first-order valence-corrected chi connectivity index (χ1v) is 13.2. The van der Waals surface area contributed by atoms with Crippen LogP contribution < -0.4 is 11.1 Å². The zero-order valence-corrected chi connectivity index (χ0v) is 21.4. The standard InChI is InChI=1S/C26H33F3N8O/c1-15-8-22(35-34-15)19-11-20-21(32-23(19)13-36-4-6-38-7-5-36)12-24(30)33-25(20)31-16-9-17-2-3-18(10-16)37(17)14-26(27,28)29/h8,11-12,16-18H,2-7,9-10,13-14H2,1H3,(H,34,35)(H3,30,31,33)/t16-,17+,18-. The third-order valence-corrected chi connectivity index (χ3v) is 7.96. The molecule has 0 amide bonds. The van der Waals surface area contributed by atoms with Gasteiger partial charge in [0.15, 0.2) is 0 Å². The van der Waals surface area contributed by atoms with Crippen molar-refractivity contribution in [3.05, 3.63) is 29.6 Å². The minimum absolute atomic E-state index is 0.0126. The molecule has 12 heteroatoms. The van der Waals surface area contributed by atoms with Crippen LogP contribution in [0.15, 0.2) is 18.2 Å². The molecule has 38 heavy (non-hydrogen) atoms. The molecule has 3 saturated heterocycles. The van der Waals surface area contributed by atoms with Gasteiger partial charge in [-0.05, 0) is 44.7 Å². The molecule has 3 fully saturated rings. The number of piperidine rings is 1. The number of hydrogen-bond acceptors (Lipinski definition) is 8. The highest BCUT2D eigenvalue weighted by atomic mass is 19.4. The molecule has 9 nitrogen and oxygen atoms in total. The van der Waals surface area contributed by atoms with Crippen LogP contribution in [0.2, 0.25) is 0 Å². The van der Waals surface area contributed by atoms with Crippen LogP contribution in [0.3, 0.4) is 0 Å². The Balaban J connectivity index is 1.32. The largest absolute Gasteiger partial charge is 0.401 e. The number of anilines is 2. The summed E-state index contributed by atoms with van der Waals surface area (Å²) in [5.74, 6) is 0.971. The number of aromatic amines is 1. The highest BCUT2D eigenvalue weighted by molar-refractivity contribution is 5.94. The number of aryl methyl sites for hydroxylation is 1. The Labute approximate surface area is 218 Å². The van der Waals surface area contributed by atoms with Crippen LogP contribution in [0.5, 0.6) is 0 Å². The molecule has 3 aliphatic rings. The lowest BCUT2D eigenvalue weighted by Gasteiger charge is -2.39. The molecule has 0 saturated carbocycles. The first-order valence-electron chi connectivity index (χ1n) is 13.2. The number of rotatable bonds is 6. The van der Waals surface area contributed by atoms with Crippen molar-refractivity contribution in [3.8, 4) is 11.3 Å². The van der Waals surface area contributed by atoms with Crippen LogP contribution >= 0.6 is 0 Å². The lowest BCUT2D eigenvalue weighted by Crippen LogP contribution is -2.50. The van der Waals surface area contributed by atoms with Crippen LogP contribution in [0.4, 0.5) is 24.8 Å². The van der Waals surface area contributed by atoms with Gasteiger partial charge in [-0.3, -0.25) is 19.9 Å². The van der Waals surface area contributed by atoms with E-state index in [1.54, 1.807) is 11.0 Å². The van der Waals surface area contributed by atoms with E-state index in [2.05, 4.69) is 31.5 Å². The van der Waals surface area contributed by atoms with Gasteiger partial charge >= 0.3 is 6.18 Å². The summed E-state index contributed by atoms with van der Waals surface area (Å²) in [5.41, 5.74) is 10.5. The number of nitrogens with one attached hydrogen (secondary N) is 2. The minimum atomic E-state index is -4.18. The van der Waals surface area contributed by atoms with Crippen molar-refractivity contribution in [1.29, 1.82) is 0 Å². The molecule has 2 bridgehead atoms. The number of pyridine rings is 2. The van der Waals surface area contributed by atoms with Gasteiger partial charge in [0.2, 0.25) is 0 Å². The quantitative estimate of drug-likeness (QED) is 0.443. The van der Waals surface area contributed by atoms with E-state index < -0.39 is 12.7 Å². The fraction of sp³-hybridized carbons (Fsp3) is 0.577. The highest BCUT2D eigenvalue weighted by Crippen LogP contribution is 2.39. The topological polar surface area (TPSA) is 108 Å². The molecule has 0 radical (unpaired) electrons. The van der Waals surface area contributed by atoms with Crippen molar-refractivity contribution in [2.75, 3.05) is 43.9 Å². The van der Waals surface area contributed by atoms with E-state index in [0.29, 0.717) is 44.2 Å². The second kappa shape index (κ2) is 9.97. The number of nitrogens with two attached hydrogens (primary N) is 1. The maximum atomic E-state index is 13.1. The number of fused-ring (bicyclic) bond motifs is 3. The fourth-order valence-electron chi connectivity index (χ4n) is 6.26. The first-order chi connectivity index (χ1) is 18.2. The number of H-pyrrole nitrogens is 1. The van der Waals surface area contributed by atoms with E-state index in [1.165, 1.54) is 0 Å². The Bertz CT molecular complexity index is 1290. The Hall–Kier alpha value is -2.96. The molecule has 0 unspecified atom stereocenters. The molecular weight excluding hydrogens is 497 g/mol. The number of halogens is 3. The number of nitrogens with zero attached hydrogens (tertiary/aromatic N) is 5. The molecule has 3 aromatic rings. The number of ether oxygens (including phenoxy) is 1. The second-order valence-corrected chi connectivity index (χ2v) is 10.8. The smallest absolute Gasteiger partial charge is 0.384 e. The summed E-state index contributed by atoms with van der Waals surface area (Å²) in [4.78, 5) is 13.6. The zero-order chi connectivity index (χ0) is 26.4. The average Bonchev–Trinajstić information content (AvgIpc) is 3.37. The van der Waals surface area contributed by atoms with Gasteiger partial charge in [-0.2, -0.15) is 18.3 Å². The highest BCUT2D eigenvalue weighted by Gasteiger charge is 2.45. The van der Waals surface area contributed by atoms with E-state index in [0.717, 1.165) is 59.5 Å². The predicted molar refractivity (Wildman–Crippen MR) is 139 cm³/mol. The second-order valence-electron chi connectivity index (χ2n) is 10.8. The van der Waals surface area contributed by atoms with Crippen molar-refractivity contribution >= 4 is 22.5 Å². The Morgan fingerprint density at radius 2 is 1.84 bits per heavy atom. The predicted octanol–water partition coefficient (Wildman–Crippen LogP) is 3.71. The van der Waals surface area contributed by atoms with Gasteiger partial charge in [-0.1, -0.05) is 0 Å². The average molecular weight is 531 g/mol. The lowest BCUT2D eigenvalue weighted by atomic mass is 9.97. The number of hydrogen-bond donors (Lipinski definition) is 3. The first kappa shape index (κ1) is 25.3. The van der Waals surface area contributed by atoms with E-state index in [-0.39, 0.29) is 18.1 Å². The number of morpholine rings is 1. The molecule has 3 aromatic heterocycles. The van der Waals surface area contributed by atoms with Gasteiger partial charge in [0.1, 0.15) is 11.6 Å². The van der Waals surface area contributed by atoms with Gasteiger partial charge in [0.05, 0.1) is 36.7 Å². The van der Waals surface area contributed by atoms with E-state index in [4.69, 9.17) is 15.5 Å². The van der Waals surface area contributed by atoms with Gasteiger partial charge < -0.3 is 15.8 Å². The maximum absolute atomic E-state index is 13.1. The maximum Gasteiger partial charge on any atom is 0.401 e. The van der Waals surface area contributed by atoms with Crippen molar-refractivity contribution in [2.45, 2.75) is 63.5 Å². The Morgan fingerprint density at radius 3 is 2.50 bits per heavy atom. The summed E-state index contributed by atoms with van der Waals surface area (Å²) in [6.07, 6.45) is -1.33. The molecule has 6 heterocycles. The number of nitrogen functional groups attached to an aromatic ring is 1. The van der Waals surface area contributed by atoms with Crippen molar-refractivity contribution in [1.82, 2.24) is 30.0 Å². The van der Waals surface area contributed by atoms with Crippen LogP contribution in [0.25, 0.3) is 22.2 Å². The molecular formula is C26H33F3N8O. The molecule has 0 aliphatic carbocycles. The Morgan fingerprint density at radius 1 is 1.11 bits per heavy atom. The lowest BCUT2D eigenvalue weighted by molar-refractivity contribution is -0.155. The fourth-order valence-corrected chi connectivity index (χ4v) is 6.26. The summed E-state index contributed by atoms with van der Waals surface area (Å²) in [5, 5.41) is 11.9. The third-order valence-electron chi connectivity index (χ3n) is 7.96.